The van der Waals surface area contributed by atoms with Crippen LogP contribution in [0.2, 0.25) is 0 Å². The summed E-state index contributed by atoms with van der Waals surface area (Å²) in [4.78, 5) is 11.3. The number of carbonyl (C=O) groups excluding carboxylic acids is 1. The highest BCUT2D eigenvalue weighted by atomic mass is 16.5. The van der Waals surface area contributed by atoms with Crippen molar-refractivity contribution < 1.29 is 29.6 Å². The molecule has 2 rings (SSSR count). The van der Waals surface area contributed by atoms with E-state index in [1.165, 1.54) is 0 Å². The van der Waals surface area contributed by atoms with Crippen LogP contribution in [-0.4, -0.2) is 52.6 Å². The molecule has 0 bridgehead atoms. The van der Waals surface area contributed by atoms with Gasteiger partial charge in [0.15, 0.2) is 6.29 Å². The third kappa shape index (κ3) is 6.01. The second-order valence-corrected chi connectivity index (χ2v) is 5.90. The van der Waals surface area contributed by atoms with Crippen molar-refractivity contribution in [2.75, 3.05) is 6.61 Å². The van der Waals surface area contributed by atoms with Crippen molar-refractivity contribution >= 4 is 6.29 Å². The molecule has 0 saturated heterocycles. The van der Waals surface area contributed by atoms with E-state index in [-0.39, 0.29) is 13.2 Å². The maximum atomic E-state index is 11.3. The molecule has 0 aromatic heterocycles. The van der Waals surface area contributed by atoms with Crippen LogP contribution in [0.4, 0.5) is 0 Å². The minimum Gasteiger partial charge on any atom is -0.394 e. The van der Waals surface area contributed by atoms with E-state index in [2.05, 4.69) is 0 Å². The molecular formula is C20H24O6. The molecule has 0 aliphatic heterocycles. The monoisotopic (exact) mass is 360 g/mol. The molecule has 6 nitrogen and oxygen atoms in total. The average molecular weight is 360 g/mol. The van der Waals surface area contributed by atoms with Gasteiger partial charge >= 0.3 is 0 Å². The van der Waals surface area contributed by atoms with E-state index in [4.69, 9.17) is 9.47 Å². The molecule has 0 spiro atoms. The maximum Gasteiger partial charge on any atom is 0.151 e. The highest BCUT2D eigenvalue weighted by Crippen LogP contribution is 2.13. The van der Waals surface area contributed by atoms with E-state index in [0.29, 0.717) is 6.29 Å². The Balaban J connectivity index is 1.90. The summed E-state index contributed by atoms with van der Waals surface area (Å²) in [7, 11) is 0. The number of ether oxygens (including phenoxy) is 2. The molecule has 4 atom stereocenters. The lowest BCUT2D eigenvalue weighted by molar-refractivity contribution is -0.157. The molecule has 3 N–H and O–H groups in total. The molecule has 0 radical (unpaired) electrons. The Hall–Kier alpha value is -2.09. The fourth-order valence-electron chi connectivity index (χ4n) is 2.44. The minimum atomic E-state index is -1.52. The summed E-state index contributed by atoms with van der Waals surface area (Å²) in [6.07, 6.45) is -4.85. The van der Waals surface area contributed by atoms with Gasteiger partial charge in [-0.3, -0.25) is 0 Å². The number of benzene rings is 2. The summed E-state index contributed by atoms with van der Waals surface area (Å²) in [6, 6.07) is 18.4. The molecule has 0 fully saturated rings. The van der Waals surface area contributed by atoms with Crippen molar-refractivity contribution in [3.63, 3.8) is 0 Å². The zero-order valence-corrected chi connectivity index (χ0v) is 14.3. The van der Waals surface area contributed by atoms with E-state index in [1.54, 1.807) is 0 Å². The molecule has 26 heavy (non-hydrogen) atoms. The first-order valence-corrected chi connectivity index (χ1v) is 8.39. The van der Waals surface area contributed by atoms with Crippen molar-refractivity contribution in [1.82, 2.24) is 0 Å². The first-order valence-electron chi connectivity index (χ1n) is 8.39. The van der Waals surface area contributed by atoms with Crippen molar-refractivity contribution in [3.8, 4) is 0 Å². The fraction of sp³-hybridized carbons (Fsp3) is 0.350. The number of carbonyl (C=O) groups is 1. The van der Waals surface area contributed by atoms with Gasteiger partial charge < -0.3 is 29.6 Å². The van der Waals surface area contributed by atoms with Crippen molar-refractivity contribution in [2.24, 2.45) is 0 Å². The Kier molecular flexibility index (Phi) is 8.40. The molecule has 0 aliphatic rings. The summed E-state index contributed by atoms with van der Waals surface area (Å²) in [5.74, 6) is 0. The lowest BCUT2D eigenvalue weighted by Crippen LogP contribution is -2.48. The highest BCUT2D eigenvalue weighted by Gasteiger charge is 2.33. The predicted octanol–water partition coefficient (Wildman–Crippen LogP) is 1.07. The van der Waals surface area contributed by atoms with Gasteiger partial charge in [0.2, 0.25) is 0 Å². The van der Waals surface area contributed by atoms with Gasteiger partial charge in [-0.25, -0.2) is 0 Å². The maximum absolute atomic E-state index is 11.3. The van der Waals surface area contributed by atoms with Crippen LogP contribution in [0, 0.1) is 0 Å². The summed E-state index contributed by atoms with van der Waals surface area (Å²) in [6.45, 7) is -0.232. The zero-order valence-electron chi connectivity index (χ0n) is 14.3. The number of hydrogen-bond donors (Lipinski definition) is 3. The van der Waals surface area contributed by atoms with Gasteiger partial charge in [-0.15, -0.1) is 0 Å². The molecule has 2 aromatic rings. The van der Waals surface area contributed by atoms with Crippen LogP contribution in [0.5, 0.6) is 0 Å². The summed E-state index contributed by atoms with van der Waals surface area (Å²) >= 11 is 0. The minimum absolute atomic E-state index is 0.114. The van der Waals surface area contributed by atoms with E-state index < -0.39 is 31.0 Å². The third-order valence-electron chi connectivity index (χ3n) is 3.97. The Morgan fingerprint density at radius 1 is 0.808 bits per heavy atom. The van der Waals surface area contributed by atoms with Crippen molar-refractivity contribution in [3.05, 3.63) is 71.8 Å². The smallest absolute Gasteiger partial charge is 0.151 e. The number of hydrogen-bond acceptors (Lipinski definition) is 6. The number of aldehydes is 1. The normalized spacial score (nSPS) is 15.8. The Morgan fingerprint density at radius 2 is 1.31 bits per heavy atom. The molecule has 0 unspecified atom stereocenters. The van der Waals surface area contributed by atoms with Crippen LogP contribution in [-0.2, 0) is 27.5 Å². The molecule has 2 aromatic carbocycles. The predicted molar refractivity (Wildman–Crippen MR) is 95.2 cm³/mol. The molecule has 0 amide bonds. The largest absolute Gasteiger partial charge is 0.394 e. The Morgan fingerprint density at radius 3 is 1.77 bits per heavy atom. The number of aliphatic hydroxyl groups excluding tert-OH is 3. The second kappa shape index (κ2) is 10.8. The molecule has 0 heterocycles. The molecule has 0 saturated carbocycles. The van der Waals surface area contributed by atoms with Crippen molar-refractivity contribution in [2.45, 2.75) is 37.6 Å². The molecule has 6 heteroatoms. The van der Waals surface area contributed by atoms with Gasteiger partial charge in [-0.05, 0) is 11.1 Å². The second-order valence-electron chi connectivity index (χ2n) is 5.90. The SMILES string of the molecule is O=C[C@H](OCc1ccccc1)[C@H](O)[C@@H](O)[C@H](CO)OCc1ccccc1. The van der Waals surface area contributed by atoms with Gasteiger partial charge in [-0.2, -0.15) is 0 Å². The highest BCUT2D eigenvalue weighted by molar-refractivity contribution is 5.57. The lowest BCUT2D eigenvalue weighted by atomic mass is 10.0. The summed E-state index contributed by atoms with van der Waals surface area (Å²) in [5, 5.41) is 30.0. The Bertz CT molecular complexity index is 633. The van der Waals surface area contributed by atoms with Gasteiger partial charge in [0.1, 0.15) is 24.4 Å². The van der Waals surface area contributed by atoms with Crippen LogP contribution >= 0.6 is 0 Å². The standard InChI is InChI=1S/C20H24O6/c21-11-17(25-13-15-7-3-1-4-8-15)19(23)20(24)18(12-22)26-14-16-9-5-2-6-10-16/h1-11,17-20,22-24H,12-14H2/t17-,18-,19-,20-/m0/s1. The molecular weight excluding hydrogens is 336 g/mol. The summed E-state index contributed by atoms with van der Waals surface area (Å²) in [5.41, 5.74) is 1.69. The van der Waals surface area contributed by atoms with E-state index in [0.717, 1.165) is 11.1 Å². The van der Waals surface area contributed by atoms with E-state index in [1.807, 2.05) is 60.7 Å². The molecule has 140 valence electrons. The molecule has 0 aliphatic carbocycles. The Labute approximate surface area is 152 Å². The quantitative estimate of drug-likeness (QED) is 0.519. The number of rotatable bonds is 11. The van der Waals surface area contributed by atoms with Crippen LogP contribution in [0.1, 0.15) is 11.1 Å². The van der Waals surface area contributed by atoms with Crippen LogP contribution < -0.4 is 0 Å². The average Bonchev–Trinajstić information content (AvgIpc) is 2.70. The van der Waals surface area contributed by atoms with Gasteiger partial charge in [0, 0.05) is 0 Å². The van der Waals surface area contributed by atoms with Crippen LogP contribution in [0.3, 0.4) is 0 Å². The van der Waals surface area contributed by atoms with Gasteiger partial charge in [-0.1, -0.05) is 60.7 Å². The lowest BCUT2D eigenvalue weighted by Gasteiger charge is -2.28. The first kappa shape index (κ1) is 20.2. The fourth-order valence-corrected chi connectivity index (χ4v) is 2.44. The van der Waals surface area contributed by atoms with Crippen molar-refractivity contribution in [1.29, 1.82) is 0 Å². The summed E-state index contributed by atoms with van der Waals surface area (Å²) < 4.78 is 10.9. The van der Waals surface area contributed by atoms with Gasteiger partial charge in [0.25, 0.3) is 0 Å². The van der Waals surface area contributed by atoms with Gasteiger partial charge in [0.05, 0.1) is 19.8 Å². The zero-order chi connectivity index (χ0) is 18.8. The number of aliphatic hydroxyl groups is 3. The third-order valence-corrected chi connectivity index (χ3v) is 3.97. The van der Waals surface area contributed by atoms with Crippen LogP contribution in [0.15, 0.2) is 60.7 Å². The topological polar surface area (TPSA) is 96.2 Å². The first-order chi connectivity index (χ1) is 12.7. The van der Waals surface area contributed by atoms with Crippen LogP contribution in [0.25, 0.3) is 0 Å². The van der Waals surface area contributed by atoms with E-state index >= 15 is 0 Å². The van der Waals surface area contributed by atoms with E-state index in [9.17, 15) is 20.1 Å².